The molecule has 0 radical (unpaired) electrons. The molecule has 0 spiro atoms. The van der Waals surface area contributed by atoms with Gasteiger partial charge in [-0.25, -0.2) is 4.98 Å². The highest BCUT2D eigenvalue weighted by atomic mass is 32.2. The van der Waals surface area contributed by atoms with E-state index in [4.69, 9.17) is 0 Å². The maximum absolute atomic E-state index is 12.7. The zero-order valence-corrected chi connectivity index (χ0v) is 17.8. The average Bonchev–Trinajstić information content (AvgIpc) is 2.82. The number of hydrogen-bond acceptors (Lipinski definition) is 3. The summed E-state index contributed by atoms with van der Waals surface area (Å²) in [6, 6.07) is 8.01. The summed E-state index contributed by atoms with van der Waals surface area (Å²) >= 11 is 1.53. The van der Waals surface area contributed by atoms with Gasteiger partial charge in [0.2, 0.25) is 5.91 Å². The van der Waals surface area contributed by atoms with E-state index >= 15 is 0 Å². The summed E-state index contributed by atoms with van der Waals surface area (Å²) in [6.07, 6.45) is 0. The van der Waals surface area contributed by atoms with E-state index in [9.17, 15) is 4.79 Å². The monoisotopic (exact) mass is 373 g/mol. The Hall–Kier alpha value is -1.75. The van der Waals surface area contributed by atoms with Crippen molar-refractivity contribution >= 4 is 23.4 Å². The van der Waals surface area contributed by atoms with Crippen LogP contribution in [-0.2, 0) is 11.3 Å². The molecule has 142 valence electrons. The van der Waals surface area contributed by atoms with Gasteiger partial charge in [0.25, 0.3) is 0 Å². The molecule has 0 saturated heterocycles. The van der Waals surface area contributed by atoms with Crippen LogP contribution in [0, 0.1) is 19.8 Å². The Bertz CT molecular complexity index is 765. The van der Waals surface area contributed by atoms with Crippen molar-refractivity contribution in [2.75, 3.05) is 5.32 Å². The van der Waals surface area contributed by atoms with Crippen LogP contribution in [0.2, 0.25) is 0 Å². The molecule has 1 amide bonds. The minimum Gasteiger partial charge on any atom is -0.325 e. The summed E-state index contributed by atoms with van der Waals surface area (Å²) in [5.74, 6) is 0.908. The second-order valence-electron chi connectivity index (χ2n) is 7.56. The molecule has 0 aliphatic rings. The molecule has 0 aliphatic heterocycles. The summed E-state index contributed by atoms with van der Waals surface area (Å²) in [5.41, 5.74) is 4.27. The first-order chi connectivity index (χ1) is 12.2. The molecular weight excluding hydrogens is 342 g/mol. The van der Waals surface area contributed by atoms with Crippen molar-refractivity contribution in [2.45, 2.75) is 71.3 Å². The molecule has 1 aromatic heterocycles. The number of thioether (sulfide) groups is 1. The number of para-hydroxylation sites is 1. The van der Waals surface area contributed by atoms with Gasteiger partial charge in [0, 0.05) is 17.9 Å². The number of carbonyl (C=O) groups excluding carboxylic acids is 1. The molecule has 2 aromatic rings. The second kappa shape index (κ2) is 8.76. The number of aryl methyl sites for hydroxylation is 1. The predicted molar refractivity (Wildman–Crippen MR) is 111 cm³/mol. The van der Waals surface area contributed by atoms with Crippen molar-refractivity contribution < 1.29 is 4.79 Å². The number of hydrogen-bond donors (Lipinski definition) is 1. The standard InChI is InChI=1S/C21H31N3OS/c1-13(2)12-24-16(6)15(5)22-21(24)26-17(7)20(25)23-19-11-9-8-10-18(19)14(3)4/h8-11,13-14,17H,12H2,1-7H3,(H,23,25). The quantitative estimate of drug-likeness (QED) is 0.661. The van der Waals surface area contributed by atoms with Gasteiger partial charge in [-0.05, 0) is 44.2 Å². The van der Waals surface area contributed by atoms with Crippen molar-refractivity contribution in [2.24, 2.45) is 5.92 Å². The Morgan fingerprint density at radius 2 is 1.81 bits per heavy atom. The third-order valence-electron chi connectivity index (χ3n) is 4.46. The SMILES string of the molecule is Cc1nc(SC(C)C(=O)Nc2ccccc2C(C)C)n(CC(C)C)c1C. The highest BCUT2D eigenvalue weighted by molar-refractivity contribution is 8.00. The van der Waals surface area contributed by atoms with Crippen LogP contribution in [0.15, 0.2) is 29.4 Å². The minimum atomic E-state index is -0.220. The smallest absolute Gasteiger partial charge is 0.237 e. The lowest BCUT2D eigenvalue weighted by molar-refractivity contribution is -0.115. The number of aromatic nitrogens is 2. The van der Waals surface area contributed by atoms with E-state index in [0.29, 0.717) is 11.8 Å². The number of anilines is 1. The van der Waals surface area contributed by atoms with Gasteiger partial charge >= 0.3 is 0 Å². The number of imidazole rings is 1. The highest BCUT2D eigenvalue weighted by Crippen LogP contribution is 2.28. The molecule has 2 rings (SSSR count). The fourth-order valence-electron chi connectivity index (χ4n) is 2.85. The van der Waals surface area contributed by atoms with Crippen molar-refractivity contribution in [3.05, 3.63) is 41.2 Å². The van der Waals surface area contributed by atoms with Crippen LogP contribution < -0.4 is 5.32 Å². The molecular formula is C21H31N3OS. The van der Waals surface area contributed by atoms with Crippen molar-refractivity contribution in [3.63, 3.8) is 0 Å². The van der Waals surface area contributed by atoms with Gasteiger partial charge in [-0.1, -0.05) is 57.7 Å². The van der Waals surface area contributed by atoms with Crippen LogP contribution in [0.4, 0.5) is 5.69 Å². The Balaban J connectivity index is 2.14. The Kier molecular flexibility index (Phi) is 6.93. The Morgan fingerprint density at radius 3 is 2.42 bits per heavy atom. The number of benzene rings is 1. The molecule has 1 unspecified atom stereocenters. The largest absolute Gasteiger partial charge is 0.325 e. The Morgan fingerprint density at radius 1 is 1.15 bits per heavy atom. The lowest BCUT2D eigenvalue weighted by atomic mass is 10.0. The number of rotatable bonds is 7. The molecule has 0 bridgehead atoms. The summed E-state index contributed by atoms with van der Waals surface area (Å²) < 4.78 is 2.23. The van der Waals surface area contributed by atoms with Crippen LogP contribution in [0.25, 0.3) is 0 Å². The van der Waals surface area contributed by atoms with E-state index in [0.717, 1.165) is 28.6 Å². The summed E-state index contributed by atoms with van der Waals surface area (Å²) in [5, 5.41) is 3.80. The van der Waals surface area contributed by atoms with Gasteiger partial charge in [-0.2, -0.15) is 0 Å². The molecule has 5 heteroatoms. The van der Waals surface area contributed by atoms with Crippen molar-refractivity contribution in [1.29, 1.82) is 0 Å². The van der Waals surface area contributed by atoms with Crippen molar-refractivity contribution in [3.8, 4) is 0 Å². The molecule has 1 atom stereocenters. The number of carbonyl (C=O) groups is 1. The maximum Gasteiger partial charge on any atom is 0.237 e. The zero-order valence-electron chi connectivity index (χ0n) is 17.0. The fraction of sp³-hybridized carbons (Fsp3) is 0.524. The summed E-state index contributed by atoms with van der Waals surface area (Å²) in [4.78, 5) is 17.4. The third-order valence-corrected chi connectivity index (χ3v) is 5.55. The van der Waals surface area contributed by atoms with E-state index in [2.05, 4.69) is 55.6 Å². The fourth-order valence-corrected chi connectivity index (χ4v) is 3.86. The van der Waals surface area contributed by atoms with E-state index < -0.39 is 0 Å². The van der Waals surface area contributed by atoms with Gasteiger partial charge in [0.1, 0.15) is 0 Å². The first-order valence-electron chi connectivity index (χ1n) is 9.30. The van der Waals surface area contributed by atoms with Gasteiger partial charge in [0.05, 0.1) is 10.9 Å². The van der Waals surface area contributed by atoms with Crippen LogP contribution in [0.1, 0.15) is 57.5 Å². The molecule has 1 aromatic carbocycles. The zero-order chi connectivity index (χ0) is 19.4. The van der Waals surface area contributed by atoms with Gasteiger partial charge in [-0.3, -0.25) is 4.79 Å². The number of amides is 1. The predicted octanol–water partition coefficient (Wildman–Crippen LogP) is 5.40. The first-order valence-corrected chi connectivity index (χ1v) is 10.2. The molecule has 0 saturated carbocycles. The van der Waals surface area contributed by atoms with Crippen LogP contribution in [-0.4, -0.2) is 20.7 Å². The summed E-state index contributed by atoms with van der Waals surface area (Å²) in [6.45, 7) is 15.6. The molecule has 26 heavy (non-hydrogen) atoms. The lowest BCUT2D eigenvalue weighted by Crippen LogP contribution is -2.24. The first kappa shape index (κ1) is 20.6. The number of nitrogens with zero attached hydrogens (tertiary/aromatic N) is 2. The van der Waals surface area contributed by atoms with Gasteiger partial charge < -0.3 is 9.88 Å². The molecule has 1 N–H and O–H groups in total. The lowest BCUT2D eigenvalue weighted by Gasteiger charge is -2.17. The third kappa shape index (κ3) is 4.91. The van der Waals surface area contributed by atoms with E-state index in [1.54, 1.807) is 0 Å². The van der Waals surface area contributed by atoms with Crippen LogP contribution >= 0.6 is 11.8 Å². The van der Waals surface area contributed by atoms with Crippen LogP contribution in [0.3, 0.4) is 0 Å². The van der Waals surface area contributed by atoms with E-state index in [-0.39, 0.29) is 11.2 Å². The summed E-state index contributed by atoms with van der Waals surface area (Å²) in [7, 11) is 0. The van der Waals surface area contributed by atoms with Gasteiger partial charge in [0.15, 0.2) is 5.16 Å². The molecule has 0 fully saturated rings. The maximum atomic E-state index is 12.7. The number of nitrogens with one attached hydrogen (secondary N) is 1. The second-order valence-corrected chi connectivity index (χ2v) is 8.87. The topological polar surface area (TPSA) is 46.9 Å². The van der Waals surface area contributed by atoms with Crippen LogP contribution in [0.5, 0.6) is 0 Å². The van der Waals surface area contributed by atoms with Crippen molar-refractivity contribution in [1.82, 2.24) is 9.55 Å². The minimum absolute atomic E-state index is 0.0116. The molecule has 1 heterocycles. The Labute approximate surface area is 161 Å². The molecule has 0 aliphatic carbocycles. The average molecular weight is 374 g/mol. The molecule has 4 nitrogen and oxygen atoms in total. The highest BCUT2D eigenvalue weighted by Gasteiger charge is 2.21. The van der Waals surface area contributed by atoms with Gasteiger partial charge in [-0.15, -0.1) is 0 Å². The van der Waals surface area contributed by atoms with E-state index in [1.807, 2.05) is 32.0 Å². The normalized spacial score (nSPS) is 12.7. The van der Waals surface area contributed by atoms with E-state index in [1.165, 1.54) is 17.5 Å².